The van der Waals surface area contributed by atoms with Crippen molar-refractivity contribution in [3.05, 3.63) is 29.8 Å². The molecule has 0 atom stereocenters. The average Bonchev–Trinajstić information content (AvgIpc) is 2.36. The lowest BCUT2D eigenvalue weighted by atomic mass is 10.1. The Morgan fingerprint density at radius 1 is 1.12 bits per heavy atom. The Bertz CT molecular complexity index is 456. The molecule has 0 radical (unpaired) electrons. The van der Waals surface area contributed by atoms with Crippen molar-refractivity contribution in [2.75, 3.05) is 25.0 Å². The van der Waals surface area contributed by atoms with Gasteiger partial charge in [-0.05, 0) is 18.1 Å². The SMILES string of the molecule is CCc1ccccc1N1CCN(C)C(=O)C1=O. The summed E-state index contributed by atoms with van der Waals surface area (Å²) < 4.78 is 0. The molecule has 0 spiro atoms. The molecule has 90 valence electrons. The molecule has 0 unspecified atom stereocenters. The van der Waals surface area contributed by atoms with E-state index in [4.69, 9.17) is 0 Å². The summed E-state index contributed by atoms with van der Waals surface area (Å²) in [5.74, 6) is -0.859. The van der Waals surface area contributed by atoms with Crippen LogP contribution in [0, 0.1) is 0 Å². The maximum absolute atomic E-state index is 11.9. The number of rotatable bonds is 2. The van der Waals surface area contributed by atoms with Gasteiger partial charge in [-0.25, -0.2) is 0 Å². The van der Waals surface area contributed by atoms with E-state index in [1.165, 1.54) is 4.90 Å². The number of likely N-dealkylation sites (N-methyl/N-ethyl adjacent to an activating group) is 1. The number of anilines is 1. The van der Waals surface area contributed by atoms with Gasteiger partial charge in [0.25, 0.3) is 0 Å². The molecular formula is C13H16N2O2. The zero-order valence-electron chi connectivity index (χ0n) is 10.1. The highest BCUT2D eigenvalue weighted by Gasteiger charge is 2.31. The summed E-state index contributed by atoms with van der Waals surface area (Å²) in [4.78, 5) is 26.6. The van der Waals surface area contributed by atoms with Crippen molar-refractivity contribution < 1.29 is 9.59 Å². The van der Waals surface area contributed by atoms with E-state index in [1.54, 1.807) is 11.9 Å². The molecule has 4 nitrogen and oxygen atoms in total. The van der Waals surface area contributed by atoms with Crippen molar-refractivity contribution in [1.29, 1.82) is 0 Å². The Morgan fingerprint density at radius 3 is 2.53 bits per heavy atom. The fourth-order valence-corrected chi connectivity index (χ4v) is 2.03. The third-order valence-electron chi connectivity index (χ3n) is 3.10. The Balaban J connectivity index is 2.34. The summed E-state index contributed by atoms with van der Waals surface area (Å²) >= 11 is 0. The lowest BCUT2D eigenvalue weighted by Crippen LogP contribution is -2.53. The number of hydrogen-bond donors (Lipinski definition) is 0. The van der Waals surface area contributed by atoms with Crippen LogP contribution in [0.5, 0.6) is 0 Å². The maximum atomic E-state index is 11.9. The van der Waals surface area contributed by atoms with E-state index in [-0.39, 0.29) is 0 Å². The van der Waals surface area contributed by atoms with Crippen LogP contribution in [0.4, 0.5) is 5.69 Å². The number of amides is 2. The van der Waals surface area contributed by atoms with Crippen LogP contribution in [0.2, 0.25) is 0 Å². The molecule has 1 saturated heterocycles. The van der Waals surface area contributed by atoms with Crippen LogP contribution in [-0.4, -0.2) is 36.9 Å². The lowest BCUT2D eigenvalue weighted by Gasteiger charge is -2.32. The first-order valence-corrected chi connectivity index (χ1v) is 5.80. The molecule has 0 aromatic heterocycles. The van der Waals surface area contributed by atoms with Gasteiger partial charge in [0.15, 0.2) is 0 Å². The summed E-state index contributed by atoms with van der Waals surface area (Å²) in [7, 11) is 1.66. The van der Waals surface area contributed by atoms with E-state index in [2.05, 4.69) is 0 Å². The van der Waals surface area contributed by atoms with E-state index in [1.807, 2.05) is 31.2 Å². The summed E-state index contributed by atoms with van der Waals surface area (Å²) in [5.41, 5.74) is 1.96. The van der Waals surface area contributed by atoms with Crippen LogP contribution in [0.25, 0.3) is 0 Å². The molecule has 1 aliphatic rings. The van der Waals surface area contributed by atoms with E-state index >= 15 is 0 Å². The van der Waals surface area contributed by atoms with E-state index in [0.717, 1.165) is 17.7 Å². The van der Waals surface area contributed by atoms with Crippen LogP contribution in [-0.2, 0) is 16.0 Å². The Kier molecular flexibility index (Phi) is 3.13. The molecule has 17 heavy (non-hydrogen) atoms. The Hall–Kier alpha value is -1.84. The Labute approximate surface area is 101 Å². The minimum Gasteiger partial charge on any atom is -0.336 e. The van der Waals surface area contributed by atoms with Crippen molar-refractivity contribution in [3.8, 4) is 0 Å². The highest BCUT2D eigenvalue weighted by molar-refractivity contribution is 6.41. The van der Waals surface area contributed by atoms with Crippen LogP contribution in [0.3, 0.4) is 0 Å². The van der Waals surface area contributed by atoms with Gasteiger partial charge in [-0.2, -0.15) is 0 Å². The van der Waals surface area contributed by atoms with Crippen LogP contribution in [0.15, 0.2) is 24.3 Å². The number of hydrogen-bond acceptors (Lipinski definition) is 2. The summed E-state index contributed by atoms with van der Waals surface area (Å²) in [6.45, 7) is 3.20. The molecule has 1 aromatic rings. The first-order chi connectivity index (χ1) is 8.15. The first kappa shape index (κ1) is 11.6. The quantitative estimate of drug-likeness (QED) is 0.715. The molecule has 0 bridgehead atoms. The predicted molar refractivity (Wildman–Crippen MR) is 65.8 cm³/mol. The van der Waals surface area contributed by atoms with E-state index in [0.29, 0.717) is 13.1 Å². The molecule has 0 N–H and O–H groups in total. The number of aryl methyl sites for hydroxylation is 1. The highest BCUT2D eigenvalue weighted by atomic mass is 16.2. The summed E-state index contributed by atoms with van der Waals surface area (Å²) in [6.07, 6.45) is 0.851. The third kappa shape index (κ3) is 2.02. The number of carbonyl (C=O) groups is 2. The number of benzene rings is 1. The molecule has 4 heteroatoms. The fraction of sp³-hybridized carbons (Fsp3) is 0.385. The zero-order valence-corrected chi connectivity index (χ0v) is 10.1. The normalized spacial score (nSPS) is 16.6. The standard InChI is InChI=1S/C13H16N2O2/c1-3-10-6-4-5-7-11(10)15-9-8-14(2)12(16)13(15)17/h4-7H,3,8-9H2,1-2H3. The lowest BCUT2D eigenvalue weighted by molar-refractivity contribution is -0.145. The molecule has 1 fully saturated rings. The molecule has 2 amide bonds. The van der Waals surface area contributed by atoms with Gasteiger partial charge >= 0.3 is 11.8 Å². The first-order valence-electron chi connectivity index (χ1n) is 5.80. The molecule has 1 heterocycles. The molecule has 0 aliphatic carbocycles. The van der Waals surface area contributed by atoms with Gasteiger partial charge in [-0.1, -0.05) is 25.1 Å². The largest absolute Gasteiger partial charge is 0.336 e. The van der Waals surface area contributed by atoms with Gasteiger partial charge < -0.3 is 9.80 Å². The number of piperazine rings is 1. The average molecular weight is 232 g/mol. The third-order valence-corrected chi connectivity index (χ3v) is 3.10. The van der Waals surface area contributed by atoms with Gasteiger partial charge in [0.2, 0.25) is 0 Å². The van der Waals surface area contributed by atoms with Crippen molar-refractivity contribution in [1.82, 2.24) is 4.90 Å². The molecular weight excluding hydrogens is 216 g/mol. The molecule has 1 aromatic carbocycles. The maximum Gasteiger partial charge on any atom is 0.316 e. The second-order valence-electron chi connectivity index (χ2n) is 4.17. The minimum absolute atomic E-state index is 0.429. The summed E-state index contributed by atoms with van der Waals surface area (Å²) in [6, 6.07) is 7.73. The van der Waals surface area contributed by atoms with Crippen LogP contribution >= 0.6 is 0 Å². The van der Waals surface area contributed by atoms with Gasteiger partial charge in [0.1, 0.15) is 0 Å². The molecule has 0 saturated carbocycles. The number of nitrogens with zero attached hydrogens (tertiary/aromatic N) is 2. The van der Waals surface area contributed by atoms with Gasteiger partial charge in [0.05, 0.1) is 0 Å². The predicted octanol–water partition coefficient (Wildman–Crippen LogP) is 1.05. The van der Waals surface area contributed by atoms with E-state index in [9.17, 15) is 9.59 Å². The van der Waals surface area contributed by atoms with Crippen molar-refractivity contribution in [3.63, 3.8) is 0 Å². The van der Waals surface area contributed by atoms with Crippen LogP contribution in [0.1, 0.15) is 12.5 Å². The van der Waals surface area contributed by atoms with Crippen molar-refractivity contribution in [2.24, 2.45) is 0 Å². The second kappa shape index (κ2) is 4.57. The monoisotopic (exact) mass is 232 g/mol. The topological polar surface area (TPSA) is 40.6 Å². The highest BCUT2D eigenvalue weighted by Crippen LogP contribution is 2.22. The number of para-hydroxylation sites is 1. The van der Waals surface area contributed by atoms with Gasteiger partial charge in [-0.15, -0.1) is 0 Å². The Morgan fingerprint density at radius 2 is 1.82 bits per heavy atom. The smallest absolute Gasteiger partial charge is 0.316 e. The van der Waals surface area contributed by atoms with Gasteiger partial charge in [-0.3, -0.25) is 9.59 Å². The molecule has 2 rings (SSSR count). The molecule has 1 aliphatic heterocycles. The van der Waals surface area contributed by atoms with Crippen molar-refractivity contribution >= 4 is 17.5 Å². The van der Waals surface area contributed by atoms with E-state index < -0.39 is 11.8 Å². The van der Waals surface area contributed by atoms with Crippen molar-refractivity contribution in [2.45, 2.75) is 13.3 Å². The summed E-state index contributed by atoms with van der Waals surface area (Å²) in [5, 5.41) is 0. The fourth-order valence-electron chi connectivity index (χ4n) is 2.03. The van der Waals surface area contributed by atoms with Crippen LogP contribution < -0.4 is 4.90 Å². The second-order valence-corrected chi connectivity index (χ2v) is 4.17. The minimum atomic E-state index is -0.431. The zero-order chi connectivity index (χ0) is 12.4. The number of carbonyl (C=O) groups excluding carboxylic acids is 2. The van der Waals surface area contributed by atoms with Gasteiger partial charge in [0, 0.05) is 25.8 Å².